The molecular weight excluding hydrogens is 352 g/mol. The lowest BCUT2D eigenvalue weighted by molar-refractivity contribution is -0.134. The monoisotopic (exact) mass is 380 g/mol. The van der Waals surface area contributed by atoms with Gasteiger partial charge in [-0.05, 0) is 44.9 Å². The maximum absolute atomic E-state index is 9.55. The summed E-state index contributed by atoms with van der Waals surface area (Å²) in [6, 6.07) is 3.83. The van der Waals surface area contributed by atoms with Gasteiger partial charge in [0, 0.05) is 30.8 Å². The third kappa shape index (κ3) is 9.05. The number of aliphatic carboxylic acids is 2. The van der Waals surface area contributed by atoms with Gasteiger partial charge in [-0.3, -0.25) is 0 Å². The van der Waals surface area contributed by atoms with Gasteiger partial charge in [0.1, 0.15) is 6.10 Å². The van der Waals surface area contributed by atoms with Crippen LogP contribution in [0, 0.1) is 5.92 Å². The van der Waals surface area contributed by atoms with Gasteiger partial charge in [0.2, 0.25) is 0 Å². The fourth-order valence-electron chi connectivity index (χ4n) is 2.73. The largest absolute Gasteiger partial charge is 0.484 e. The molecule has 0 saturated carbocycles. The Morgan fingerprint density at radius 3 is 2.56 bits per heavy atom. The van der Waals surface area contributed by atoms with Crippen molar-refractivity contribution in [2.75, 3.05) is 19.7 Å². The van der Waals surface area contributed by atoms with Crippen LogP contribution in [0.4, 0.5) is 0 Å². The molecule has 0 radical (unpaired) electrons. The third-order valence-electron chi connectivity index (χ3n) is 3.93. The average Bonchev–Trinajstić information content (AvgIpc) is 2.67. The molecule has 1 aliphatic heterocycles. The van der Waals surface area contributed by atoms with Crippen molar-refractivity contribution in [1.82, 2.24) is 10.3 Å². The Bertz CT molecular complexity index is 598. The average molecular weight is 380 g/mol. The van der Waals surface area contributed by atoms with Crippen LogP contribution in [0.1, 0.15) is 33.1 Å². The van der Waals surface area contributed by atoms with Crippen LogP contribution in [0.3, 0.4) is 0 Å². The minimum absolute atomic E-state index is 0.233. The molecule has 2 atom stereocenters. The maximum atomic E-state index is 9.55. The molecule has 1 saturated heterocycles. The summed E-state index contributed by atoms with van der Waals surface area (Å²) in [7, 11) is 0. The van der Waals surface area contributed by atoms with E-state index in [0.29, 0.717) is 30.6 Å². The maximum Gasteiger partial charge on any atom is 0.328 e. The minimum atomic E-state index is -1.26. The molecule has 27 heavy (non-hydrogen) atoms. The number of nitrogens with one attached hydrogen (secondary N) is 1. The van der Waals surface area contributed by atoms with Crippen molar-refractivity contribution in [3.63, 3.8) is 0 Å². The first-order chi connectivity index (χ1) is 13.0. The summed E-state index contributed by atoms with van der Waals surface area (Å²) >= 11 is 0. The molecule has 1 aromatic rings. The van der Waals surface area contributed by atoms with Gasteiger partial charge < -0.3 is 25.0 Å². The molecule has 0 aliphatic carbocycles. The fraction of sp³-hybridized carbons (Fsp3) is 0.526. The predicted octanol–water partition coefficient (Wildman–Crippen LogP) is 2.35. The highest BCUT2D eigenvalue weighted by molar-refractivity contribution is 5.89. The first kappa shape index (κ1) is 22.4. The zero-order valence-electron chi connectivity index (χ0n) is 15.8. The van der Waals surface area contributed by atoms with E-state index in [1.165, 1.54) is 12.8 Å². The van der Waals surface area contributed by atoms with Crippen LogP contribution in [-0.4, -0.2) is 52.9 Å². The van der Waals surface area contributed by atoms with E-state index in [9.17, 15) is 9.59 Å². The number of hydrogen-bond donors (Lipinski definition) is 3. The van der Waals surface area contributed by atoms with Crippen LogP contribution in [0.25, 0.3) is 0 Å². The van der Waals surface area contributed by atoms with Crippen molar-refractivity contribution in [1.29, 1.82) is 0 Å². The van der Waals surface area contributed by atoms with E-state index in [1.807, 2.05) is 19.1 Å². The molecule has 2 rings (SSSR count). The van der Waals surface area contributed by atoms with Crippen molar-refractivity contribution in [3.8, 4) is 11.6 Å². The molecule has 3 N–H and O–H groups in total. The molecule has 0 spiro atoms. The second kappa shape index (κ2) is 12.7. The van der Waals surface area contributed by atoms with Crippen molar-refractivity contribution in [3.05, 3.63) is 30.5 Å². The van der Waals surface area contributed by atoms with Gasteiger partial charge in [-0.1, -0.05) is 6.92 Å². The summed E-state index contributed by atoms with van der Waals surface area (Å²) in [5.41, 5.74) is 0. The Morgan fingerprint density at radius 1 is 1.33 bits per heavy atom. The SMILES string of the molecule is CCOc1ncccc1O[C@@H](CC)[C@H]1CCCNC1.O=C(O)/C=C/C(=O)O. The molecule has 8 nitrogen and oxygen atoms in total. The third-order valence-corrected chi connectivity index (χ3v) is 3.93. The molecule has 150 valence electrons. The zero-order valence-corrected chi connectivity index (χ0v) is 15.8. The van der Waals surface area contributed by atoms with Gasteiger partial charge in [0.05, 0.1) is 6.61 Å². The summed E-state index contributed by atoms with van der Waals surface area (Å²) in [6.45, 7) is 6.92. The van der Waals surface area contributed by atoms with Gasteiger partial charge >= 0.3 is 11.9 Å². The van der Waals surface area contributed by atoms with E-state index in [4.69, 9.17) is 19.7 Å². The number of hydrogen-bond acceptors (Lipinski definition) is 6. The van der Waals surface area contributed by atoms with Crippen molar-refractivity contribution < 1.29 is 29.3 Å². The topological polar surface area (TPSA) is 118 Å². The molecule has 8 heteroatoms. The Balaban J connectivity index is 0.000000387. The highest BCUT2D eigenvalue weighted by Gasteiger charge is 2.24. The van der Waals surface area contributed by atoms with E-state index in [1.54, 1.807) is 6.20 Å². The lowest BCUT2D eigenvalue weighted by Crippen LogP contribution is -2.39. The molecule has 0 unspecified atom stereocenters. The Morgan fingerprint density at radius 2 is 2.04 bits per heavy atom. The van der Waals surface area contributed by atoms with Crippen molar-refractivity contribution in [2.24, 2.45) is 5.92 Å². The van der Waals surface area contributed by atoms with Crippen LogP contribution in [0.2, 0.25) is 0 Å². The number of ether oxygens (including phenoxy) is 2. The molecule has 1 aromatic heterocycles. The first-order valence-corrected chi connectivity index (χ1v) is 9.07. The van der Waals surface area contributed by atoms with E-state index in [-0.39, 0.29) is 6.10 Å². The van der Waals surface area contributed by atoms with E-state index < -0.39 is 11.9 Å². The molecule has 1 aliphatic rings. The number of carboxylic acids is 2. The minimum Gasteiger partial charge on any atom is -0.484 e. The molecule has 2 heterocycles. The second-order valence-corrected chi connectivity index (χ2v) is 5.92. The molecule has 1 fully saturated rings. The summed E-state index contributed by atoms with van der Waals surface area (Å²) in [6.07, 6.45) is 6.56. The van der Waals surface area contributed by atoms with Gasteiger partial charge in [-0.25, -0.2) is 14.6 Å². The van der Waals surface area contributed by atoms with Gasteiger partial charge in [0.15, 0.2) is 5.75 Å². The molecule has 0 amide bonds. The van der Waals surface area contributed by atoms with Gasteiger partial charge in [0.25, 0.3) is 5.88 Å². The smallest absolute Gasteiger partial charge is 0.328 e. The van der Waals surface area contributed by atoms with Crippen LogP contribution >= 0.6 is 0 Å². The van der Waals surface area contributed by atoms with Crippen molar-refractivity contribution in [2.45, 2.75) is 39.2 Å². The van der Waals surface area contributed by atoms with Crippen LogP contribution in [-0.2, 0) is 9.59 Å². The molecule has 0 bridgehead atoms. The number of rotatable bonds is 8. The second-order valence-electron chi connectivity index (χ2n) is 5.92. The van der Waals surface area contributed by atoms with Crippen LogP contribution in [0.5, 0.6) is 11.6 Å². The number of carboxylic acid groups (broad SMARTS) is 2. The highest BCUT2D eigenvalue weighted by atomic mass is 16.5. The van der Waals surface area contributed by atoms with E-state index in [0.717, 1.165) is 25.3 Å². The fourth-order valence-corrected chi connectivity index (χ4v) is 2.73. The Hall–Kier alpha value is -2.61. The lowest BCUT2D eigenvalue weighted by Gasteiger charge is -2.30. The highest BCUT2D eigenvalue weighted by Crippen LogP contribution is 2.28. The summed E-state index contributed by atoms with van der Waals surface area (Å²) in [4.78, 5) is 23.3. The lowest BCUT2D eigenvalue weighted by atomic mass is 9.92. The number of aromatic nitrogens is 1. The number of piperidine rings is 1. The molecular formula is C19H28N2O6. The van der Waals surface area contributed by atoms with E-state index >= 15 is 0 Å². The number of nitrogens with zero attached hydrogens (tertiary/aromatic N) is 1. The van der Waals surface area contributed by atoms with Crippen LogP contribution in [0.15, 0.2) is 30.5 Å². The normalized spacial score (nSPS) is 17.5. The Labute approximate surface area is 159 Å². The number of carbonyl (C=O) groups is 2. The van der Waals surface area contributed by atoms with Crippen LogP contribution < -0.4 is 14.8 Å². The van der Waals surface area contributed by atoms with Gasteiger partial charge in [-0.15, -0.1) is 0 Å². The summed E-state index contributed by atoms with van der Waals surface area (Å²) < 4.78 is 11.7. The number of pyridine rings is 1. The summed E-state index contributed by atoms with van der Waals surface area (Å²) in [5.74, 6) is -0.567. The molecule has 0 aromatic carbocycles. The predicted molar refractivity (Wildman–Crippen MR) is 100 cm³/mol. The quantitative estimate of drug-likeness (QED) is 0.588. The summed E-state index contributed by atoms with van der Waals surface area (Å²) in [5, 5.41) is 19.1. The zero-order chi connectivity index (χ0) is 20.1. The standard InChI is InChI=1S/C15H24N2O2.C4H4O4/c1-3-13(12-7-5-9-16-11-12)19-14-8-6-10-17-15(14)18-4-2;5-3(6)1-2-4(7)8/h6,8,10,12-13,16H,3-5,7,9,11H2,1-2H3;1-2H,(H,5,6)(H,7,8)/b;2-1+/t12-,13-;/m0./s1. The van der Waals surface area contributed by atoms with Gasteiger partial charge in [-0.2, -0.15) is 0 Å². The van der Waals surface area contributed by atoms with E-state index in [2.05, 4.69) is 17.2 Å². The Kier molecular flexibility index (Phi) is 10.5. The van der Waals surface area contributed by atoms with Crippen molar-refractivity contribution >= 4 is 11.9 Å². The first-order valence-electron chi connectivity index (χ1n) is 9.07.